The first-order valence-corrected chi connectivity index (χ1v) is 9.80. The zero-order valence-corrected chi connectivity index (χ0v) is 18.7. The van der Waals surface area contributed by atoms with E-state index in [0.29, 0.717) is 24.8 Å². The molecule has 0 saturated carbocycles. The average molecular weight is 498 g/mol. The zero-order valence-electron chi connectivity index (χ0n) is 16.4. The van der Waals surface area contributed by atoms with E-state index >= 15 is 0 Å². The number of hydrogen-bond donors (Lipinski definition) is 3. The van der Waals surface area contributed by atoms with Crippen LogP contribution >= 0.6 is 24.0 Å². The molecule has 3 N–H and O–H groups in total. The molecule has 1 fully saturated rings. The number of nitrogens with zero attached hydrogens (tertiary/aromatic N) is 2. The summed E-state index contributed by atoms with van der Waals surface area (Å²) in [4.78, 5) is 7.31. The summed E-state index contributed by atoms with van der Waals surface area (Å²) in [5.41, 5.74) is 1.30. The molecule has 7 heteroatoms. The number of likely N-dealkylation sites (tertiary alicyclic amines) is 1. The fraction of sp³-hybridized carbons (Fsp3) is 0.476. The SMILES string of the molecule is CCNC(=NCC(c1ccccc1)N1CCCC1)NCC(O)c1ccco1.I. The molecular weight excluding hydrogens is 467 g/mol. The third-order valence-electron chi connectivity index (χ3n) is 4.87. The number of aliphatic imine (C=N–C) groups is 1. The summed E-state index contributed by atoms with van der Waals surface area (Å²) in [6, 6.07) is 14.4. The Balaban J connectivity index is 0.00000280. The van der Waals surface area contributed by atoms with Gasteiger partial charge >= 0.3 is 0 Å². The number of nitrogens with one attached hydrogen (secondary N) is 2. The maximum absolute atomic E-state index is 10.2. The van der Waals surface area contributed by atoms with Gasteiger partial charge in [0.15, 0.2) is 5.96 Å². The summed E-state index contributed by atoms with van der Waals surface area (Å²) in [6.07, 6.45) is 3.37. The maximum atomic E-state index is 10.2. The van der Waals surface area contributed by atoms with E-state index in [1.807, 2.05) is 6.92 Å². The first kappa shape index (κ1) is 22.7. The molecule has 1 aromatic carbocycles. The second-order valence-electron chi connectivity index (χ2n) is 6.80. The third-order valence-corrected chi connectivity index (χ3v) is 4.87. The fourth-order valence-corrected chi connectivity index (χ4v) is 3.45. The molecule has 2 unspecified atom stereocenters. The number of aliphatic hydroxyl groups is 1. The molecule has 154 valence electrons. The Morgan fingerprint density at radius 2 is 1.89 bits per heavy atom. The summed E-state index contributed by atoms with van der Waals surface area (Å²) in [6.45, 7) is 6.07. The molecular formula is C21H31IN4O2. The van der Waals surface area contributed by atoms with Crippen molar-refractivity contribution in [3.63, 3.8) is 0 Å². The standard InChI is InChI=1S/C21H30N4O2.HI/c1-2-22-21(24-16-19(26)20-11-8-14-27-20)23-15-18(25-12-6-7-13-25)17-9-4-3-5-10-17;/h3-5,8-11,14,18-19,26H,2,6-7,12-13,15-16H2,1H3,(H2,22,23,24);1H. The molecule has 0 aliphatic carbocycles. The van der Waals surface area contributed by atoms with E-state index < -0.39 is 6.10 Å². The van der Waals surface area contributed by atoms with E-state index in [0.717, 1.165) is 19.6 Å². The van der Waals surface area contributed by atoms with Gasteiger partial charge in [0.1, 0.15) is 11.9 Å². The van der Waals surface area contributed by atoms with E-state index in [2.05, 4.69) is 45.9 Å². The van der Waals surface area contributed by atoms with Gasteiger partial charge in [0, 0.05) is 6.54 Å². The number of benzene rings is 1. The molecule has 1 aromatic heterocycles. The van der Waals surface area contributed by atoms with Crippen LogP contribution < -0.4 is 10.6 Å². The van der Waals surface area contributed by atoms with E-state index in [9.17, 15) is 5.11 Å². The van der Waals surface area contributed by atoms with Crippen molar-refractivity contribution in [1.82, 2.24) is 15.5 Å². The monoisotopic (exact) mass is 498 g/mol. The van der Waals surface area contributed by atoms with Crippen LogP contribution in [-0.2, 0) is 0 Å². The lowest BCUT2D eigenvalue weighted by Gasteiger charge is -2.27. The van der Waals surface area contributed by atoms with Crippen LogP contribution in [0, 0.1) is 0 Å². The van der Waals surface area contributed by atoms with Crippen LogP contribution in [-0.4, -0.2) is 48.7 Å². The predicted molar refractivity (Wildman–Crippen MR) is 123 cm³/mol. The molecule has 28 heavy (non-hydrogen) atoms. The topological polar surface area (TPSA) is 73.0 Å². The highest BCUT2D eigenvalue weighted by atomic mass is 127. The highest BCUT2D eigenvalue weighted by Crippen LogP contribution is 2.25. The van der Waals surface area contributed by atoms with Gasteiger partial charge in [-0.1, -0.05) is 30.3 Å². The minimum Gasteiger partial charge on any atom is -0.467 e. The summed E-state index contributed by atoms with van der Waals surface area (Å²) in [7, 11) is 0. The molecule has 1 aliphatic rings. The van der Waals surface area contributed by atoms with Crippen LogP contribution in [0.5, 0.6) is 0 Å². The highest BCUT2D eigenvalue weighted by molar-refractivity contribution is 14.0. The van der Waals surface area contributed by atoms with Gasteiger partial charge in [-0.15, -0.1) is 24.0 Å². The van der Waals surface area contributed by atoms with Crippen molar-refractivity contribution in [3.8, 4) is 0 Å². The molecule has 0 bridgehead atoms. The molecule has 2 heterocycles. The summed E-state index contributed by atoms with van der Waals surface area (Å²) >= 11 is 0. The lowest BCUT2D eigenvalue weighted by molar-refractivity contribution is 0.153. The highest BCUT2D eigenvalue weighted by Gasteiger charge is 2.23. The molecule has 0 radical (unpaired) electrons. The van der Waals surface area contributed by atoms with Crippen LogP contribution in [0.4, 0.5) is 0 Å². The molecule has 0 spiro atoms. The fourth-order valence-electron chi connectivity index (χ4n) is 3.45. The zero-order chi connectivity index (χ0) is 18.9. The maximum Gasteiger partial charge on any atom is 0.191 e. The molecule has 6 nitrogen and oxygen atoms in total. The molecule has 2 aromatic rings. The second kappa shape index (κ2) is 12.1. The van der Waals surface area contributed by atoms with Gasteiger partial charge in [0.2, 0.25) is 0 Å². The molecule has 0 amide bonds. The minimum absolute atomic E-state index is 0. The van der Waals surface area contributed by atoms with E-state index in [4.69, 9.17) is 9.41 Å². The van der Waals surface area contributed by atoms with Crippen molar-refractivity contribution in [3.05, 3.63) is 60.1 Å². The smallest absolute Gasteiger partial charge is 0.191 e. The third kappa shape index (κ3) is 6.49. The van der Waals surface area contributed by atoms with Crippen molar-refractivity contribution in [2.75, 3.05) is 32.7 Å². The number of halogens is 1. The number of hydrogen-bond acceptors (Lipinski definition) is 4. The Bertz CT molecular complexity index is 688. The Labute approximate surface area is 184 Å². The largest absolute Gasteiger partial charge is 0.467 e. The summed E-state index contributed by atoms with van der Waals surface area (Å²) in [5, 5.41) is 16.7. The van der Waals surface area contributed by atoms with Crippen LogP contribution in [0.15, 0.2) is 58.1 Å². The Morgan fingerprint density at radius 3 is 2.54 bits per heavy atom. The Morgan fingerprint density at radius 1 is 1.14 bits per heavy atom. The summed E-state index contributed by atoms with van der Waals surface area (Å²) in [5.74, 6) is 1.26. The van der Waals surface area contributed by atoms with E-state index in [-0.39, 0.29) is 30.0 Å². The van der Waals surface area contributed by atoms with Crippen LogP contribution in [0.25, 0.3) is 0 Å². The first-order chi connectivity index (χ1) is 13.3. The number of guanidine groups is 1. The average Bonchev–Trinajstić information content (AvgIpc) is 3.41. The van der Waals surface area contributed by atoms with E-state index in [1.165, 1.54) is 18.4 Å². The summed E-state index contributed by atoms with van der Waals surface area (Å²) < 4.78 is 5.25. The lowest BCUT2D eigenvalue weighted by atomic mass is 10.1. The first-order valence-electron chi connectivity index (χ1n) is 9.80. The van der Waals surface area contributed by atoms with Gasteiger partial charge in [-0.2, -0.15) is 0 Å². The normalized spacial score (nSPS) is 17.0. The van der Waals surface area contributed by atoms with Gasteiger partial charge in [-0.25, -0.2) is 0 Å². The van der Waals surface area contributed by atoms with Gasteiger partial charge < -0.3 is 20.2 Å². The molecule has 1 aliphatic heterocycles. The van der Waals surface area contributed by atoms with Crippen molar-refractivity contribution in [2.45, 2.75) is 31.9 Å². The van der Waals surface area contributed by atoms with Crippen LogP contribution in [0.1, 0.15) is 43.2 Å². The van der Waals surface area contributed by atoms with Crippen molar-refractivity contribution >= 4 is 29.9 Å². The molecule has 1 saturated heterocycles. The number of aliphatic hydroxyl groups excluding tert-OH is 1. The van der Waals surface area contributed by atoms with Crippen LogP contribution in [0.3, 0.4) is 0 Å². The van der Waals surface area contributed by atoms with Crippen molar-refractivity contribution in [1.29, 1.82) is 0 Å². The minimum atomic E-state index is -0.702. The number of rotatable bonds is 8. The lowest BCUT2D eigenvalue weighted by Crippen LogP contribution is -2.40. The van der Waals surface area contributed by atoms with Gasteiger partial charge in [-0.3, -0.25) is 9.89 Å². The Kier molecular flexibility index (Phi) is 9.80. The van der Waals surface area contributed by atoms with Gasteiger partial charge in [0.25, 0.3) is 0 Å². The molecule has 2 atom stereocenters. The van der Waals surface area contributed by atoms with Crippen molar-refractivity contribution in [2.24, 2.45) is 4.99 Å². The van der Waals surface area contributed by atoms with Gasteiger partial charge in [-0.05, 0) is 50.6 Å². The van der Waals surface area contributed by atoms with E-state index in [1.54, 1.807) is 18.4 Å². The molecule has 3 rings (SSSR count). The van der Waals surface area contributed by atoms with Gasteiger partial charge in [0.05, 0.1) is 25.4 Å². The number of furan rings is 1. The second-order valence-corrected chi connectivity index (χ2v) is 6.80. The quantitative estimate of drug-likeness (QED) is 0.296. The van der Waals surface area contributed by atoms with Crippen LogP contribution in [0.2, 0.25) is 0 Å². The Hall–Kier alpha value is -1.58. The van der Waals surface area contributed by atoms with Crippen molar-refractivity contribution < 1.29 is 9.52 Å². The predicted octanol–water partition coefficient (Wildman–Crippen LogP) is 3.32.